The standard InChI is InChI=1S/C20H17F3N2OS/c21-20(22,23)15-8-4-9-16(12-15)25-19(26)18(14-6-2-1-3-7-14)24-13-17-10-5-11-27-17/h1-12,18,24H,13H2,(H,25,26)/t18-/m0/s1. The van der Waals surface area contributed by atoms with Gasteiger partial charge in [0.25, 0.3) is 0 Å². The Morgan fingerprint density at radius 1 is 1.00 bits per heavy atom. The van der Waals surface area contributed by atoms with Gasteiger partial charge < -0.3 is 5.32 Å². The normalized spacial score (nSPS) is 12.6. The number of amides is 1. The first-order valence-electron chi connectivity index (χ1n) is 8.22. The van der Waals surface area contributed by atoms with Gasteiger partial charge in [-0.2, -0.15) is 13.2 Å². The molecule has 27 heavy (non-hydrogen) atoms. The fourth-order valence-electron chi connectivity index (χ4n) is 2.61. The number of benzene rings is 2. The van der Waals surface area contributed by atoms with E-state index >= 15 is 0 Å². The molecule has 0 unspecified atom stereocenters. The van der Waals surface area contributed by atoms with Gasteiger partial charge in [0, 0.05) is 17.1 Å². The summed E-state index contributed by atoms with van der Waals surface area (Å²) < 4.78 is 38.6. The molecule has 0 saturated heterocycles. The summed E-state index contributed by atoms with van der Waals surface area (Å²) in [6.45, 7) is 0.479. The maximum absolute atomic E-state index is 12.9. The van der Waals surface area contributed by atoms with Gasteiger partial charge in [0.2, 0.25) is 5.91 Å². The summed E-state index contributed by atoms with van der Waals surface area (Å²) in [5, 5.41) is 7.71. The molecule has 2 aromatic carbocycles. The first-order chi connectivity index (χ1) is 12.9. The van der Waals surface area contributed by atoms with E-state index in [0.29, 0.717) is 6.54 Å². The quantitative estimate of drug-likeness (QED) is 0.605. The van der Waals surface area contributed by atoms with Crippen molar-refractivity contribution in [2.24, 2.45) is 0 Å². The average Bonchev–Trinajstić information content (AvgIpc) is 3.16. The molecule has 3 aromatic rings. The van der Waals surface area contributed by atoms with Crippen molar-refractivity contribution in [3.05, 3.63) is 88.1 Å². The number of carbonyl (C=O) groups is 1. The van der Waals surface area contributed by atoms with Crippen molar-refractivity contribution in [3.8, 4) is 0 Å². The van der Waals surface area contributed by atoms with Gasteiger partial charge in [-0.3, -0.25) is 10.1 Å². The molecule has 1 aromatic heterocycles. The maximum atomic E-state index is 12.9. The van der Waals surface area contributed by atoms with Crippen LogP contribution in [0.25, 0.3) is 0 Å². The lowest BCUT2D eigenvalue weighted by Crippen LogP contribution is -2.32. The Morgan fingerprint density at radius 2 is 1.78 bits per heavy atom. The summed E-state index contributed by atoms with van der Waals surface area (Å²) in [5.41, 5.74) is 0.0373. The van der Waals surface area contributed by atoms with Crippen LogP contribution in [0.4, 0.5) is 18.9 Å². The third-order valence-corrected chi connectivity index (χ3v) is 4.79. The van der Waals surface area contributed by atoms with Crippen molar-refractivity contribution < 1.29 is 18.0 Å². The van der Waals surface area contributed by atoms with E-state index in [0.717, 1.165) is 22.6 Å². The van der Waals surface area contributed by atoms with Crippen molar-refractivity contribution in [3.63, 3.8) is 0 Å². The second kappa shape index (κ2) is 8.37. The van der Waals surface area contributed by atoms with Gasteiger partial charge in [-0.05, 0) is 35.2 Å². The van der Waals surface area contributed by atoms with Gasteiger partial charge in [0.1, 0.15) is 6.04 Å². The number of halogens is 3. The molecule has 2 N–H and O–H groups in total. The Kier molecular flexibility index (Phi) is 5.93. The van der Waals surface area contributed by atoms with Crippen LogP contribution < -0.4 is 10.6 Å². The van der Waals surface area contributed by atoms with Crippen molar-refractivity contribution in [2.75, 3.05) is 5.32 Å². The maximum Gasteiger partial charge on any atom is 0.416 e. The second-order valence-corrected chi connectivity index (χ2v) is 6.90. The van der Waals surface area contributed by atoms with E-state index in [1.54, 1.807) is 23.5 Å². The van der Waals surface area contributed by atoms with Gasteiger partial charge >= 0.3 is 6.18 Å². The minimum atomic E-state index is -4.46. The predicted octanol–water partition coefficient (Wildman–Crippen LogP) is 5.24. The SMILES string of the molecule is O=C(Nc1cccc(C(F)(F)F)c1)[C@@H](NCc1cccs1)c1ccccc1. The van der Waals surface area contributed by atoms with Crippen molar-refractivity contribution >= 4 is 22.9 Å². The molecule has 0 fully saturated rings. The Balaban J connectivity index is 1.78. The predicted molar refractivity (Wildman–Crippen MR) is 100 cm³/mol. The monoisotopic (exact) mass is 390 g/mol. The Morgan fingerprint density at radius 3 is 2.44 bits per heavy atom. The highest BCUT2D eigenvalue weighted by molar-refractivity contribution is 7.09. The van der Waals surface area contributed by atoms with Crippen LogP contribution in [0.1, 0.15) is 22.0 Å². The summed E-state index contributed by atoms with van der Waals surface area (Å²) >= 11 is 1.56. The zero-order valence-electron chi connectivity index (χ0n) is 14.2. The molecular formula is C20H17F3N2OS. The van der Waals surface area contributed by atoms with Crippen LogP contribution in [-0.4, -0.2) is 5.91 Å². The van der Waals surface area contributed by atoms with Crippen LogP contribution in [0, 0.1) is 0 Å². The number of alkyl halides is 3. The van der Waals surface area contributed by atoms with Crippen molar-refractivity contribution in [1.82, 2.24) is 5.32 Å². The highest BCUT2D eigenvalue weighted by Gasteiger charge is 2.30. The lowest BCUT2D eigenvalue weighted by atomic mass is 10.1. The first kappa shape index (κ1) is 19.1. The summed E-state index contributed by atoms with van der Waals surface area (Å²) in [5.74, 6) is -0.419. The molecule has 0 aliphatic carbocycles. The van der Waals surface area contributed by atoms with E-state index in [4.69, 9.17) is 0 Å². The second-order valence-electron chi connectivity index (χ2n) is 5.87. The van der Waals surface area contributed by atoms with Crippen LogP contribution in [0.2, 0.25) is 0 Å². The van der Waals surface area contributed by atoms with E-state index < -0.39 is 23.7 Å². The molecule has 0 radical (unpaired) electrons. The molecular weight excluding hydrogens is 373 g/mol. The van der Waals surface area contributed by atoms with E-state index in [-0.39, 0.29) is 5.69 Å². The molecule has 1 amide bonds. The summed E-state index contributed by atoms with van der Waals surface area (Å²) in [4.78, 5) is 13.8. The fourth-order valence-corrected chi connectivity index (χ4v) is 3.27. The van der Waals surface area contributed by atoms with Gasteiger partial charge in [-0.15, -0.1) is 11.3 Å². The third kappa shape index (κ3) is 5.18. The van der Waals surface area contributed by atoms with Crippen LogP contribution in [0.5, 0.6) is 0 Å². The molecule has 7 heteroatoms. The van der Waals surface area contributed by atoms with Crippen LogP contribution >= 0.6 is 11.3 Å². The minimum absolute atomic E-state index is 0.105. The molecule has 0 bridgehead atoms. The zero-order chi connectivity index (χ0) is 19.3. The Bertz CT molecular complexity index is 880. The van der Waals surface area contributed by atoms with Crippen LogP contribution in [0.15, 0.2) is 72.1 Å². The first-order valence-corrected chi connectivity index (χ1v) is 9.10. The largest absolute Gasteiger partial charge is 0.416 e. The highest BCUT2D eigenvalue weighted by atomic mass is 32.1. The molecule has 0 aliphatic rings. The number of hydrogen-bond acceptors (Lipinski definition) is 3. The molecule has 0 aliphatic heterocycles. The number of nitrogens with one attached hydrogen (secondary N) is 2. The van der Waals surface area contributed by atoms with E-state index in [1.807, 2.05) is 35.7 Å². The zero-order valence-corrected chi connectivity index (χ0v) is 15.0. The van der Waals surface area contributed by atoms with Gasteiger partial charge in [-0.25, -0.2) is 0 Å². The molecule has 1 heterocycles. The van der Waals surface area contributed by atoms with Crippen molar-refractivity contribution in [2.45, 2.75) is 18.8 Å². The van der Waals surface area contributed by atoms with Gasteiger partial charge in [-0.1, -0.05) is 42.5 Å². The van der Waals surface area contributed by atoms with E-state index in [2.05, 4.69) is 10.6 Å². The average molecular weight is 390 g/mol. The summed E-state index contributed by atoms with van der Waals surface area (Å²) in [6.07, 6.45) is -4.46. The lowest BCUT2D eigenvalue weighted by Gasteiger charge is -2.19. The number of hydrogen-bond donors (Lipinski definition) is 2. The number of rotatable bonds is 6. The fraction of sp³-hybridized carbons (Fsp3) is 0.150. The lowest BCUT2D eigenvalue weighted by molar-refractivity contribution is -0.137. The van der Waals surface area contributed by atoms with Crippen LogP contribution in [0.3, 0.4) is 0 Å². The number of carbonyl (C=O) groups excluding carboxylic acids is 1. The Hall–Kier alpha value is -2.64. The third-order valence-electron chi connectivity index (χ3n) is 3.91. The minimum Gasteiger partial charge on any atom is -0.324 e. The molecule has 1 atom stereocenters. The van der Waals surface area contributed by atoms with Gasteiger partial charge in [0.05, 0.1) is 5.56 Å². The van der Waals surface area contributed by atoms with Crippen molar-refractivity contribution in [1.29, 1.82) is 0 Å². The molecule has 3 rings (SSSR count). The number of thiophene rings is 1. The highest BCUT2D eigenvalue weighted by Crippen LogP contribution is 2.31. The smallest absolute Gasteiger partial charge is 0.324 e. The molecule has 3 nitrogen and oxygen atoms in total. The summed E-state index contributed by atoms with van der Waals surface area (Å²) in [6, 6.07) is 16.9. The van der Waals surface area contributed by atoms with Gasteiger partial charge in [0.15, 0.2) is 0 Å². The molecule has 140 valence electrons. The van der Waals surface area contributed by atoms with E-state index in [9.17, 15) is 18.0 Å². The van der Waals surface area contributed by atoms with E-state index in [1.165, 1.54) is 12.1 Å². The molecule has 0 saturated carbocycles. The molecule has 0 spiro atoms. The van der Waals surface area contributed by atoms with Crippen LogP contribution in [-0.2, 0) is 17.5 Å². The number of anilines is 1. The Labute approximate surface area is 158 Å². The topological polar surface area (TPSA) is 41.1 Å². The summed E-state index contributed by atoms with van der Waals surface area (Å²) in [7, 11) is 0.